The summed E-state index contributed by atoms with van der Waals surface area (Å²) in [5.41, 5.74) is 2.49. The molecule has 2 aromatic carbocycles. The second kappa shape index (κ2) is 13.6. The Labute approximate surface area is 308 Å². The quantitative estimate of drug-likeness (QED) is 0.194. The molecule has 0 unspecified atom stereocenters. The van der Waals surface area contributed by atoms with Gasteiger partial charge < -0.3 is 24.0 Å². The van der Waals surface area contributed by atoms with Gasteiger partial charge in [-0.15, -0.1) is 0 Å². The number of alkyl halides is 1. The van der Waals surface area contributed by atoms with Crippen LogP contribution in [-0.2, 0) is 23.2 Å². The lowest BCUT2D eigenvalue weighted by Gasteiger charge is -2.35. The molecule has 3 fully saturated rings. The van der Waals surface area contributed by atoms with Crippen LogP contribution in [0.3, 0.4) is 0 Å². The molecule has 11 nitrogen and oxygen atoms in total. The average molecular weight is 729 g/mol. The summed E-state index contributed by atoms with van der Waals surface area (Å²) in [5, 5.41) is 6.88. The fourth-order valence-corrected chi connectivity index (χ4v) is 8.70. The van der Waals surface area contributed by atoms with E-state index in [9.17, 15) is 9.18 Å². The van der Waals surface area contributed by atoms with Crippen molar-refractivity contribution in [2.75, 3.05) is 56.2 Å². The monoisotopic (exact) mass is 728 g/mol. The number of likely N-dealkylation sites (tertiary alicyclic amines) is 1. The highest BCUT2D eigenvalue weighted by molar-refractivity contribution is 6.36. The standard InChI is InChI=1S/C39H46ClFN8O3/c1-38(2,3)36-43-32(52-45-36)12-13-33(50)48-18-14-27(22-48)46(4)35-28-15-19-47(31-11-6-9-25-8-5-10-29(40)34(25)31)23-30(28)42-37(44-35)51-24-39-16-7-17-49(39)21-26(41)20-39/h5-6,8-13,26-27H,7,14-24H2,1-4H3/b13-12+/t26-,27-,39+/m1/s1. The minimum absolute atomic E-state index is 0.0426. The zero-order valence-electron chi connectivity index (χ0n) is 30.3. The Kier molecular flexibility index (Phi) is 9.10. The summed E-state index contributed by atoms with van der Waals surface area (Å²) < 4.78 is 26.4. The van der Waals surface area contributed by atoms with Gasteiger partial charge in [-0.3, -0.25) is 9.69 Å². The SMILES string of the molecule is CN(c1nc(OC[C@@]23CCCN2C[C@H](F)C3)nc2c1CCN(c1cccc3cccc(Cl)c13)C2)[C@@H]1CCN(C(=O)/C=C/c2nc(C(C)(C)C)no2)C1. The molecule has 2 aromatic heterocycles. The molecule has 0 saturated carbocycles. The molecule has 4 aromatic rings. The minimum Gasteiger partial charge on any atom is -0.461 e. The van der Waals surface area contributed by atoms with E-state index >= 15 is 0 Å². The fourth-order valence-electron chi connectivity index (χ4n) is 8.42. The molecule has 3 saturated heterocycles. The van der Waals surface area contributed by atoms with Crippen LogP contribution in [0.2, 0.25) is 5.02 Å². The van der Waals surface area contributed by atoms with Crippen molar-refractivity contribution in [2.24, 2.45) is 0 Å². The lowest BCUT2D eigenvalue weighted by Crippen LogP contribution is -2.44. The van der Waals surface area contributed by atoms with E-state index < -0.39 is 6.17 Å². The van der Waals surface area contributed by atoms with Gasteiger partial charge in [-0.2, -0.15) is 15.0 Å². The third-order valence-electron chi connectivity index (χ3n) is 11.3. The number of nitrogens with zero attached hydrogens (tertiary/aromatic N) is 8. The van der Waals surface area contributed by atoms with Crippen LogP contribution < -0.4 is 14.5 Å². The zero-order valence-corrected chi connectivity index (χ0v) is 31.1. The second-order valence-corrected chi connectivity index (χ2v) is 16.2. The summed E-state index contributed by atoms with van der Waals surface area (Å²) in [4.78, 5) is 36.4. The molecular formula is C39H46ClFN8O3. The predicted octanol–water partition coefficient (Wildman–Crippen LogP) is 6.23. The Hall–Kier alpha value is -4.29. The largest absolute Gasteiger partial charge is 0.461 e. The lowest BCUT2D eigenvalue weighted by atomic mass is 9.95. The van der Waals surface area contributed by atoms with Gasteiger partial charge in [0.2, 0.25) is 5.91 Å². The molecule has 0 aliphatic carbocycles. The number of carbonyl (C=O) groups excluding carboxylic acids is 1. The molecular weight excluding hydrogens is 683 g/mol. The number of rotatable bonds is 8. The summed E-state index contributed by atoms with van der Waals surface area (Å²) >= 11 is 6.75. The predicted molar refractivity (Wildman–Crippen MR) is 200 cm³/mol. The highest BCUT2D eigenvalue weighted by Gasteiger charge is 2.49. The minimum atomic E-state index is -0.841. The number of anilines is 2. The van der Waals surface area contributed by atoms with E-state index in [-0.39, 0.29) is 22.9 Å². The van der Waals surface area contributed by atoms with Gasteiger partial charge in [-0.05, 0) is 49.7 Å². The van der Waals surface area contributed by atoms with Crippen molar-refractivity contribution in [3.05, 3.63) is 70.5 Å². The van der Waals surface area contributed by atoms with Gasteiger partial charge in [0.15, 0.2) is 5.82 Å². The van der Waals surface area contributed by atoms with Crippen molar-refractivity contribution in [3.63, 3.8) is 0 Å². The maximum atomic E-state index is 14.6. The molecule has 4 aliphatic heterocycles. The normalized spacial score (nSPS) is 23.5. The van der Waals surface area contributed by atoms with E-state index in [0.717, 1.165) is 77.3 Å². The molecule has 8 rings (SSSR count). The van der Waals surface area contributed by atoms with Gasteiger partial charge in [-0.25, -0.2) is 4.39 Å². The first-order valence-corrected chi connectivity index (χ1v) is 18.7. The number of aromatic nitrogens is 4. The second-order valence-electron chi connectivity index (χ2n) is 15.8. The van der Waals surface area contributed by atoms with Gasteiger partial charge in [0.05, 0.1) is 22.8 Å². The first-order valence-electron chi connectivity index (χ1n) is 18.4. The van der Waals surface area contributed by atoms with E-state index in [4.69, 9.17) is 30.8 Å². The molecule has 4 aliphatic rings. The van der Waals surface area contributed by atoms with Crippen LogP contribution >= 0.6 is 11.6 Å². The van der Waals surface area contributed by atoms with Crippen molar-refractivity contribution in [1.29, 1.82) is 0 Å². The molecule has 274 valence electrons. The molecule has 52 heavy (non-hydrogen) atoms. The van der Waals surface area contributed by atoms with Gasteiger partial charge in [0.25, 0.3) is 5.89 Å². The van der Waals surface area contributed by atoms with Gasteiger partial charge in [0.1, 0.15) is 18.6 Å². The maximum absolute atomic E-state index is 14.6. The number of amides is 1. The number of ether oxygens (including phenoxy) is 1. The Balaban J connectivity index is 1.05. The Morgan fingerprint density at radius 1 is 1.13 bits per heavy atom. The Morgan fingerprint density at radius 2 is 1.96 bits per heavy atom. The van der Waals surface area contributed by atoms with E-state index in [1.165, 1.54) is 6.08 Å². The van der Waals surface area contributed by atoms with Gasteiger partial charge in [0, 0.05) is 79.9 Å². The fraction of sp³-hybridized carbons (Fsp3) is 0.513. The maximum Gasteiger partial charge on any atom is 0.318 e. The highest BCUT2D eigenvalue weighted by atomic mass is 35.5. The molecule has 0 radical (unpaired) electrons. The Morgan fingerprint density at radius 3 is 2.77 bits per heavy atom. The van der Waals surface area contributed by atoms with Gasteiger partial charge >= 0.3 is 6.01 Å². The van der Waals surface area contributed by atoms with Crippen LogP contribution in [0.5, 0.6) is 6.01 Å². The number of fused-ring (bicyclic) bond motifs is 3. The molecule has 6 heterocycles. The third-order valence-corrected chi connectivity index (χ3v) is 11.6. The van der Waals surface area contributed by atoms with Gasteiger partial charge in [-0.1, -0.05) is 61.8 Å². The number of benzene rings is 2. The number of hydrogen-bond donors (Lipinski definition) is 0. The Bertz CT molecular complexity index is 2010. The molecule has 0 N–H and O–H groups in total. The summed E-state index contributed by atoms with van der Waals surface area (Å²) in [6.45, 7) is 10.2. The highest BCUT2D eigenvalue weighted by Crippen LogP contribution is 2.41. The number of carbonyl (C=O) groups is 1. The van der Waals surface area contributed by atoms with E-state index in [1.807, 2.05) is 44.9 Å². The molecule has 0 spiro atoms. The van der Waals surface area contributed by atoms with Crippen molar-refractivity contribution in [1.82, 2.24) is 29.9 Å². The van der Waals surface area contributed by atoms with Crippen LogP contribution in [0.25, 0.3) is 16.8 Å². The van der Waals surface area contributed by atoms with Crippen LogP contribution in [0.15, 0.2) is 47.0 Å². The third kappa shape index (κ3) is 6.59. The lowest BCUT2D eigenvalue weighted by molar-refractivity contribution is -0.124. The van der Waals surface area contributed by atoms with Crippen LogP contribution in [-0.4, -0.2) is 99.9 Å². The first-order chi connectivity index (χ1) is 25.0. The first kappa shape index (κ1) is 34.8. The smallest absolute Gasteiger partial charge is 0.318 e. The van der Waals surface area contributed by atoms with Crippen molar-refractivity contribution in [3.8, 4) is 6.01 Å². The molecule has 0 bridgehead atoms. The summed E-state index contributed by atoms with van der Waals surface area (Å²) in [7, 11) is 2.05. The number of likely N-dealkylation sites (N-methyl/N-ethyl adjacent to an activating group) is 1. The van der Waals surface area contributed by atoms with Crippen LogP contribution in [0.1, 0.15) is 69.4 Å². The van der Waals surface area contributed by atoms with Crippen molar-refractivity contribution >= 4 is 45.9 Å². The number of halogens is 2. The molecule has 1 amide bonds. The topological polar surface area (TPSA) is 104 Å². The van der Waals surface area contributed by atoms with Crippen molar-refractivity contribution < 1.29 is 18.4 Å². The molecule has 3 atom stereocenters. The van der Waals surface area contributed by atoms with Crippen LogP contribution in [0.4, 0.5) is 15.9 Å². The summed E-state index contributed by atoms with van der Waals surface area (Å²) in [5.74, 6) is 1.62. The zero-order chi connectivity index (χ0) is 36.2. The van der Waals surface area contributed by atoms with Crippen molar-refractivity contribution in [2.45, 2.75) is 82.6 Å². The summed E-state index contributed by atoms with van der Waals surface area (Å²) in [6.07, 6.45) is 6.19. The molecule has 13 heteroatoms. The van der Waals surface area contributed by atoms with E-state index in [1.54, 1.807) is 6.08 Å². The number of hydrogen-bond acceptors (Lipinski definition) is 10. The van der Waals surface area contributed by atoms with E-state index in [0.29, 0.717) is 56.9 Å². The average Bonchev–Trinajstić information content (AvgIpc) is 3.93. The van der Waals surface area contributed by atoms with Crippen LogP contribution in [0, 0.1) is 0 Å². The summed E-state index contributed by atoms with van der Waals surface area (Å²) in [6, 6.07) is 12.6. The van der Waals surface area contributed by atoms with E-state index in [2.05, 4.69) is 49.1 Å².